The summed E-state index contributed by atoms with van der Waals surface area (Å²) in [6.45, 7) is 4.01. The van der Waals surface area contributed by atoms with Crippen LogP contribution in [-0.4, -0.2) is 62.9 Å². The van der Waals surface area contributed by atoms with Crippen LogP contribution in [0.25, 0.3) is 0 Å². The maximum Gasteiger partial charge on any atom is 0.253 e. The van der Waals surface area contributed by atoms with Crippen molar-refractivity contribution >= 4 is 11.9 Å². The number of hydrogen-bond donors (Lipinski definition) is 2. The summed E-state index contributed by atoms with van der Waals surface area (Å²) in [5.41, 5.74) is 1.72. The van der Waals surface area contributed by atoms with Crippen molar-refractivity contribution in [1.29, 1.82) is 0 Å². The minimum absolute atomic E-state index is 0.00212. The molecule has 1 aromatic carbocycles. The molecule has 7 heteroatoms. The highest BCUT2D eigenvalue weighted by atomic mass is 16.3. The molecule has 0 spiro atoms. The number of amides is 1. The molecule has 0 fully saturated rings. The molecule has 28 heavy (non-hydrogen) atoms. The van der Waals surface area contributed by atoms with E-state index in [1.165, 1.54) is 0 Å². The van der Waals surface area contributed by atoms with Crippen molar-refractivity contribution in [3.05, 3.63) is 59.5 Å². The molecular weight excluding hydrogens is 354 g/mol. The van der Waals surface area contributed by atoms with Gasteiger partial charge >= 0.3 is 0 Å². The lowest BCUT2D eigenvalue weighted by atomic mass is 10.1. The number of guanidine groups is 1. The van der Waals surface area contributed by atoms with E-state index in [1.807, 2.05) is 57.4 Å². The number of aliphatic imine (C=N–C) groups is 1. The monoisotopic (exact) mass is 385 g/mol. The van der Waals surface area contributed by atoms with E-state index >= 15 is 0 Å². The first-order valence-electron chi connectivity index (χ1n) is 9.45. The minimum Gasteiger partial charge on any atom is -0.468 e. The normalized spacial score (nSPS) is 12.7. The van der Waals surface area contributed by atoms with Gasteiger partial charge in [0.25, 0.3) is 5.91 Å². The molecule has 152 valence electrons. The fraction of sp³-hybridized carbons (Fsp3) is 0.429. The number of likely N-dealkylation sites (N-methyl/N-ethyl adjacent to an activating group) is 1. The Morgan fingerprint density at radius 3 is 2.36 bits per heavy atom. The number of nitrogens with zero attached hydrogens (tertiary/aromatic N) is 3. The third kappa shape index (κ3) is 6.13. The van der Waals surface area contributed by atoms with E-state index in [4.69, 9.17) is 4.42 Å². The molecule has 0 aliphatic carbocycles. The molecule has 0 saturated carbocycles. The summed E-state index contributed by atoms with van der Waals surface area (Å²) < 4.78 is 5.55. The zero-order chi connectivity index (χ0) is 20.5. The van der Waals surface area contributed by atoms with Crippen molar-refractivity contribution < 1.29 is 9.21 Å². The molecular formula is C21H31N5O2. The van der Waals surface area contributed by atoms with E-state index in [2.05, 4.69) is 20.5 Å². The Balaban J connectivity index is 2.00. The number of furan rings is 1. The van der Waals surface area contributed by atoms with Crippen LogP contribution in [0.15, 0.2) is 52.1 Å². The Labute approximate surface area is 167 Å². The van der Waals surface area contributed by atoms with Gasteiger partial charge in [-0.3, -0.25) is 9.69 Å². The maximum atomic E-state index is 12.0. The molecule has 2 aromatic rings. The lowest BCUT2D eigenvalue weighted by Gasteiger charge is -2.23. The standard InChI is InChI=1S/C21H31N5O2/c1-6-22-21(24-15-18(25(2)3)19-8-7-13-28-19)23-14-16-9-11-17(12-10-16)20(27)26(4)5/h7-13,18H,6,14-15H2,1-5H3,(H2,22,23,24). The zero-order valence-electron chi connectivity index (χ0n) is 17.4. The van der Waals surface area contributed by atoms with Crippen molar-refractivity contribution in [1.82, 2.24) is 20.4 Å². The number of benzene rings is 1. The first-order valence-corrected chi connectivity index (χ1v) is 9.45. The van der Waals surface area contributed by atoms with Crippen LogP contribution in [0.1, 0.15) is 34.6 Å². The molecule has 0 radical (unpaired) electrons. The van der Waals surface area contributed by atoms with Crippen LogP contribution in [-0.2, 0) is 6.54 Å². The minimum atomic E-state index is -0.00212. The topological polar surface area (TPSA) is 73.1 Å². The number of rotatable bonds is 8. The zero-order valence-corrected chi connectivity index (χ0v) is 17.4. The Bertz CT molecular complexity index is 752. The van der Waals surface area contributed by atoms with Gasteiger partial charge in [0.2, 0.25) is 0 Å². The Morgan fingerprint density at radius 2 is 1.82 bits per heavy atom. The summed E-state index contributed by atoms with van der Waals surface area (Å²) in [5.74, 6) is 1.65. The molecule has 0 aliphatic rings. The highest BCUT2D eigenvalue weighted by Crippen LogP contribution is 2.17. The molecule has 1 unspecified atom stereocenters. The van der Waals surface area contributed by atoms with Gasteiger partial charge in [-0.05, 0) is 50.8 Å². The van der Waals surface area contributed by atoms with Crippen LogP contribution in [0.3, 0.4) is 0 Å². The maximum absolute atomic E-state index is 12.0. The molecule has 2 N–H and O–H groups in total. The van der Waals surface area contributed by atoms with Crippen molar-refractivity contribution in [3.63, 3.8) is 0 Å². The van der Waals surface area contributed by atoms with Crippen molar-refractivity contribution in [2.75, 3.05) is 41.3 Å². The second-order valence-corrected chi connectivity index (χ2v) is 6.97. The first kappa shape index (κ1) is 21.5. The van der Waals surface area contributed by atoms with Gasteiger partial charge in [-0.25, -0.2) is 4.99 Å². The average Bonchev–Trinajstić information content (AvgIpc) is 3.20. The van der Waals surface area contributed by atoms with Gasteiger partial charge in [0.15, 0.2) is 5.96 Å². The fourth-order valence-electron chi connectivity index (χ4n) is 2.73. The van der Waals surface area contributed by atoms with Gasteiger partial charge in [-0.1, -0.05) is 12.1 Å². The number of hydrogen-bond acceptors (Lipinski definition) is 4. The van der Waals surface area contributed by atoms with Crippen LogP contribution >= 0.6 is 0 Å². The third-order valence-corrected chi connectivity index (χ3v) is 4.33. The number of carbonyl (C=O) groups excluding carboxylic acids is 1. The second kappa shape index (κ2) is 10.5. The van der Waals surface area contributed by atoms with Gasteiger partial charge in [0.05, 0.1) is 18.8 Å². The van der Waals surface area contributed by atoms with E-state index < -0.39 is 0 Å². The van der Waals surface area contributed by atoms with Crippen molar-refractivity contribution in [3.8, 4) is 0 Å². The van der Waals surface area contributed by atoms with Gasteiger partial charge in [-0.15, -0.1) is 0 Å². The Morgan fingerprint density at radius 1 is 1.11 bits per heavy atom. The van der Waals surface area contributed by atoms with E-state index in [0.717, 1.165) is 23.8 Å². The van der Waals surface area contributed by atoms with Gasteiger partial charge in [0, 0.05) is 32.7 Å². The van der Waals surface area contributed by atoms with E-state index in [-0.39, 0.29) is 11.9 Å². The molecule has 7 nitrogen and oxygen atoms in total. The number of nitrogens with one attached hydrogen (secondary N) is 2. The van der Waals surface area contributed by atoms with Crippen molar-refractivity contribution in [2.24, 2.45) is 4.99 Å². The van der Waals surface area contributed by atoms with Crippen molar-refractivity contribution in [2.45, 2.75) is 19.5 Å². The van der Waals surface area contributed by atoms with Gasteiger partial charge in [-0.2, -0.15) is 0 Å². The summed E-state index contributed by atoms with van der Waals surface area (Å²) in [7, 11) is 7.54. The lowest BCUT2D eigenvalue weighted by molar-refractivity contribution is 0.0827. The molecule has 0 saturated heterocycles. The van der Waals surface area contributed by atoms with Crippen LogP contribution in [0.4, 0.5) is 0 Å². The van der Waals surface area contributed by atoms with Crippen LogP contribution < -0.4 is 10.6 Å². The SMILES string of the molecule is CCNC(=NCc1ccc(C(=O)N(C)C)cc1)NCC(c1ccco1)N(C)C. The molecule has 1 heterocycles. The average molecular weight is 386 g/mol. The largest absolute Gasteiger partial charge is 0.468 e. The highest BCUT2D eigenvalue weighted by Gasteiger charge is 2.17. The lowest BCUT2D eigenvalue weighted by Crippen LogP contribution is -2.41. The molecule has 1 atom stereocenters. The Hall–Kier alpha value is -2.80. The Kier molecular flexibility index (Phi) is 8.07. The van der Waals surface area contributed by atoms with Gasteiger partial charge in [0.1, 0.15) is 5.76 Å². The summed E-state index contributed by atoms with van der Waals surface area (Å²) in [4.78, 5) is 20.3. The third-order valence-electron chi connectivity index (χ3n) is 4.33. The first-order chi connectivity index (χ1) is 13.4. The van der Waals surface area contributed by atoms with Crippen LogP contribution in [0.5, 0.6) is 0 Å². The molecule has 0 aliphatic heterocycles. The molecule has 1 aromatic heterocycles. The van der Waals surface area contributed by atoms with E-state index in [1.54, 1.807) is 25.3 Å². The summed E-state index contributed by atoms with van der Waals surface area (Å²) in [5, 5.41) is 6.65. The van der Waals surface area contributed by atoms with E-state index in [9.17, 15) is 4.79 Å². The number of carbonyl (C=O) groups is 1. The fourth-order valence-corrected chi connectivity index (χ4v) is 2.73. The van der Waals surface area contributed by atoms with Gasteiger partial charge < -0.3 is 20.0 Å². The second-order valence-electron chi connectivity index (χ2n) is 6.97. The summed E-state index contributed by atoms with van der Waals surface area (Å²) in [6, 6.07) is 11.5. The molecule has 1 amide bonds. The predicted octanol–water partition coefficient (Wildman–Crippen LogP) is 2.34. The molecule has 0 bridgehead atoms. The predicted molar refractivity (Wildman–Crippen MR) is 112 cm³/mol. The summed E-state index contributed by atoms with van der Waals surface area (Å²) >= 11 is 0. The smallest absolute Gasteiger partial charge is 0.253 e. The van der Waals surface area contributed by atoms with Crippen LogP contribution in [0.2, 0.25) is 0 Å². The molecule has 2 rings (SSSR count). The highest BCUT2D eigenvalue weighted by molar-refractivity contribution is 5.93. The quantitative estimate of drug-likeness (QED) is 0.539. The summed E-state index contributed by atoms with van der Waals surface area (Å²) in [6.07, 6.45) is 1.69. The van der Waals surface area contributed by atoms with Crippen LogP contribution in [0, 0.1) is 0 Å². The van der Waals surface area contributed by atoms with E-state index in [0.29, 0.717) is 18.7 Å².